The topological polar surface area (TPSA) is 49.9 Å². The minimum Gasteiger partial charge on any atom is -0.379 e. The molecule has 3 amide bonds. The molecule has 0 spiro atoms. The van der Waals surface area contributed by atoms with Crippen LogP contribution in [-0.4, -0.2) is 65.1 Å². The number of thioether (sulfide) groups is 1. The predicted molar refractivity (Wildman–Crippen MR) is 59.3 cm³/mol. The Balaban J connectivity index is 1.83. The number of imide groups is 1. The Hall–Kier alpha value is -0.750. The summed E-state index contributed by atoms with van der Waals surface area (Å²) in [6.45, 7) is 1.86. The number of carbonyl (C=O) groups is 2. The highest BCUT2D eigenvalue weighted by atomic mass is 32.2. The van der Waals surface area contributed by atoms with Gasteiger partial charge in [0.15, 0.2) is 0 Å². The van der Waals surface area contributed by atoms with Gasteiger partial charge in [0.25, 0.3) is 5.91 Å². The molecule has 0 aromatic heterocycles. The summed E-state index contributed by atoms with van der Waals surface area (Å²) in [6, 6.07) is -0.353. The predicted octanol–water partition coefficient (Wildman–Crippen LogP) is 0.155. The Morgan fingerprint density at radius 1 is 1.38 bits per heavy atom. The molecule has 6 heteroatoms. The molecule has 2 unspecified atom stereocenters. The average Bonchev–Trinajstić information content (AvgIpc) is 2.89. The second-order valence-electron chi connectivity index (χ2n) is 4.29. The minimum absolute atomic E-state index is 0.0206. The first kappa shape index (κ1) is 10.4. The number of amides is 3. The van der Waals surface area contributed by atoms with Gasteiger partial charge >= 0.3 is 6.03 Å². The van der Waals surface area contributed by atoms with Crippen molar-refractivity contribution in [2.75, 3.05) is 31.3 Å². The van der Waals surface area contributed by atoms with E-state index in [-0.39, 0.29) is 24.0 Å². The molecule has 3 saturated heterocycles. The summed E-state index contributed by atoms with van der Waals surface area (Å²) in [4.78, 5) is 27.4. The molecule has 0 aliphatic carbocycles. The molecule has 3 aliphatic heterocycles. The van der Waals surface area contributed by atoms with Gasteiger partial charge in [0.2, 0.25) is 0 Å². The van der Waals surface area contributed by atoms with Gasteiger partial charge in [-0.05, 0) is 6.42 Å². The Bertz CT molecular complexity index is 306. The molecule has 0 bridgehead atoms. The van der Waals surface area contributed by atoms with Crippen molar-refractivity contribution in [3.05, 3.63) is 0 Å². The van der Waals surface area contributed by atoms with Crippen molar-refractivity contribution < 1.29 is 14.3 Å². The molecule has 3 heterocycles. The van der Waals surface area contributed by atoms with Gasteiger partial charge < -0.3 is 9.64 Å². The lowest BCUT2D eigenvalue weighted by Gasteiger charge is -2.25. The molecular weight excluding hydrogens is 228 g/mol. The van der Waals surface area contributed by atoms with E-state index in [1.54, 1.807) is 16.7 Å². The zero-order chi connectivity index (χ0) is 11.1. The second kappa shape index (κ2) is 3.92. The zero-order valence-electron chi connectivity index (χ0n) is 8.92. The molecule has 3 fully saturated rings. The van der Waals surface area contributed by atoms with Crippen molar-refractivity contribution in [1.29, 1.82) is 0 Å². The van der Waals surface area contributed by atoms with E-state index in [9.17, 15) is 9.59 Å². The van der Waals surface area contributed by atoms with Gasteiger partial charge in [0.05, 0.1) is 12.6 Å². The quantitative estimate of drug-likeness (QED) is 0.614. The van der Waals surface area contributed by atoms with Crippen LogP contribution in [0.3, 0.4) is 0 Å². The van der Waals surface area contributed by atoms with Crippen LogP contribution in [-0.2, 0) is 9.53 Å². The maximum atomic E-state index is 12.1. The monoisotopic (exact) mass is 242 g/mol. The number of hydrogen-bond acceptors (Lipinski definition) is 4. The average molecular weight is 242 g/mol. The maximum Gasteiger partial charge on any atom is 0.327 e. The molecule has 2 atom stereocenters. The lowest BCUT2D eigenvalue weighted by atomic mass is 10.2. The summed E-state index contributed by atoms with van der Waals surface area (Å²) in [5, 5.41) is 0. The molecule has 0 radical (unpaired) electrons. The standard InChI is InChI=1S/C10H14N2O3S/c13-9-8-6-16-4-2-11(8)10(14)12(9)7-1-3-15-5-7/h7-8H,1-6H2. The summed E-state index contributed by atoms with van der Waals surface area (Å²) >= 11 is 1.75. The van der Waals surface area contributed by atoms with Crippen LogP contribution in [0.2, 0.25) is 0 Å². The van der Waals surface area contributed by atoms with Crippen molar-refractivity contribution in [3.8, 4) is 0 Å². The van der Waals surface area contributed by atoms with Crippen LogP contribution < -0.4 is 0 Å². The van der Waals surface area contributed by atoms with Crippen LogP contribution >= 0.6 is 11.8 Å². The van der Waals surface area contributed by atoms with E-state index in [1.165, 1.54) is 4.90 Å². The molecule has 3 rings (SSSR count). The number of carbonyl (C=O) groups excluding carboxylic acids is 2. The van der Waals surface area contributed by atoms with E-state index in [0.717, 1.165) is 17.9 Å². The third kappa shape index (κ3) is 1.43. The summed E-state index contributed by atoms with van der Waals surface area (Å²) in [7, 11) is 0. The van der Waals surface area contributed by atoms with E-state index >= 15 is 0 Å². The molecule has 0 saturated carbocycles. The van der Waals surface area contributed by atoms with Crippen LogP contribution in [0.25, 0.3) is 0 Å². The number of urea groups is 1. The van der Waals surface area contributed by atoms with Crippen molar-refractivity contribution in [2.24, 2.45) is 0 Å². The lowest BCUT2D eigenvalue weighted by Crippen LogP contribution is -2.42. The molecule has 3 aliphatic rings. The summed E-state index contributed by atoms with van der Waals surface area (Å²) in [5.74, 6) is 1.66. The molecular formula is C10H14N2O3S. The van der Waals surface area contributed by atoms with Gasteiger partial charge in [-0.25, -0.2) is 4.79 Å². The highest BCUT2D eigenvalue weighted by Gasteiger charge is 2.49. The van der Waals surface area contributed by atoms with Crippen LogP contribution in [0.15, 0.2) is 0 Å². The number of rotatable bonds is 1. The van der Waals surface area contributed by atoms with Crippen LogP contribution in [0.5, 0.6) is 0 Å². The number of fused-ring (bicyclic) bond motifs is 1. The van der Waals surface area contributed by atoms with Crippen LogP contribution in [0, 0.1) is 0 Å². The van der Waals surface area contributed by atoms with Gasteiger partial charge in [-0.15, -0.1) is 0 Å². The first-order valence-electron chi connectivity index (χ1n) is 5.58. The van der Waals surface area contributed by atoms with E-state index in [1.807, 2.05) is 0 Å². The molecule has 16 heavy (non-hydrogen) atoms. The highest BCUT2D eigenvalue weighted by Crippen LogP contribution is 2.28. The van der Waals surface area contributed by atoms with Gasteiger partial charge in [-0.1, -0.05) is 0 Å². The molecule has 0 aromatic rings. The smallest absolute Gasteiger partial charge is 0.327 e. The first-order chi connectivity index (χ1) is 7.79. The molecule has 5 nitrogen and oxygen atoms in total. The number of ether oxygens (including phenoxy) is 1. The van der Waals surface area contributed by atoms with Crippen LogP contribution in [0.4, 0.5) is 4.79 Å². The normalized spacial score (nSPS) is 34.8. The highest BCUT2D eigenvalue weighted by molar-refractivity contribution is 7.99. The molecule has 88 valence electrons. The first-order valence-corrected chi connectivity index (χ1v) is 6.73. The van der Waals surface area contributed by atoms with E-state index in [4.69, 9.17) is 4.74 Å². The lowest BCUT2D eigenvalue weighted by molar-refractivity contribution is -0.129. The third-order valence-corrected chi connectivity index (χ3v) is 4.40. The summed E-state index contributed by atoms with van der Waals surface area (Å²) in [5.41, 5.74) is 0. The third-order valence-electron chi connectivity index (χ3n) is 3.37. The van der Waals surface area contributed by atoms with Gasteiger partial charge in [-0.2, -0.15) is 11.8 Å². The number of nitrogens with zero attached hydrogens (tertiary/aromatic N) is 2. The molecule has 0 N–H and O–H groups in total. The fraction of sp³-hybridized carbons (Fsp3) is 0.800. The Kier molecular flexibility index (Phi) is 2.55. The van der Waals surface area contributed by atoms with E-state index < -0.39 is 0 Å². The zero-order valence-corrected chi connectivity index (χ0v) is 9.74. The van der Waals surface area contributed by atoms with Gasteiger partial charge in [0.1, 0.15) is 6.04 Å². The second-order valence-corrected chi connectivity index (χ2v) is 5.44. The minimum atomic E-state index is -0.216. The Morgan fingerprint density at radius 2 is 2.25 bits per heavy atom. The van der Waals surface area contributed by atoms with E-state index in [0.29, 0.717) is 19.8 Å². The van der Waals surface area contributed by atoms with E-state index in [2.05, 4.69) is 0 Å². The fourth-order valence-electron chi connectivity index (χ4n) is 2.49. The van der Waals surface area contributed by atoms with Crippen molar-refractivity contribution in [2.45, 2.75) is 18.5 Å². The molecule has 0 aromatic carbocycles. The Labute approximate surface area is 98.1 Å². The van der Waals surface area contributed by atoms with Crippen LogP contribution in [0.1, 0.15) is 6.42 Å². The fourth-order valence-corrected chi connectivity index (χ4v) is 3.53. The summed E-state index contributed by atoms with van der Waals surface area (Å²) < 4.78 is 5.25. The van der Waals surface area contributed by atoms with Gasteiger partial charge in [-0.3, -0.25) is 9.69 Å². The SMILES string of the molecule is O=C1C2CSCCN2C(=O)N1C1CCOC1. The van der Waals surface area contributed by atoms with Gasteiger partial charge in [0, 0.05) is 24.7 Å². The largest absolute Gasteiger partial charge is 0.379 e. The van der Waals surface area contributed by atoms with Crippen molar-refractivity contribution >= 4 is 23.7 Å². The summed E-state index contributed by atoms with van der Waals surface area (Å²) in [6.07, 6.45) is 0.783. The number of hydrogen-bond donors (Lipinski definition) is 0. The Morgan fingerprint density at radius 3 is 2.94 bits per heavy atom. The maximum absolute atomic E-state index is 12.1. The van der Waals surface area contributed by atoms with Crippen molar-refractivity contribution in [1.82, 2.24) is 9.80 Å². The van der Waals surface area contributed by atoms with Crippen molar-refractivity contribution in [3.63, 3.8) is 0 Å².